The second-order valence-electron chi connectivity index (χ2n) is 29.0. The van der Waals surface area contributed by atoms with E-state index in [-0.39, 0.29) is 80.0 Å². The van der Waals surface area contributed by atoms with Crippen molar-refractivity contribution in [2.45, 2.75) is 230 Å². The van der Waals surface area contributed by atoms with Crippen molar-refractivity contribution in [2.24, 2.45) is 59.2 Å². The predicted octanol–water partition coefficient (Wildman–Crippen LogP) is 6.24. The Morgan fingerprint density at radius 2 is 0.978 bits per heavy atom. The zero-order valence-corrected chi connectivity index (χ0v) is 60.9. The molecule has 0 aromatic heterocycles. The zero-order valence-electron chi connectivity index (χ0n) is 60.9. The Balaban J connectivity index is 3.04. The van der Waals surface area contributed by atoms with E-state index < -0.39 is 143 Å². The fourth-order valence-corrected chi connectivity index (χ4v) is 13.0. The van der Waals surface area contributed by atoms with Crippen LogP contribution in [0.5, 0.6) is 0 Å². The summed E-state index contributed by atoms with van der Waals surface area (Å²) in [5, 5.41) is 15.0. The molecule has 0 radical (unpaired) electrons. The molecule has 14 atom stereocenters. The Bertz CT molecular complexity index is 2510. The fourth-order valence-electron chi connectivity index (χ4n) is 13.0. The number of hydrogen-bond donors (Lipinski definition) is 2. The first-order valence-corrected chi connectivity index (χ1v) is 34.1. The molecule has 2 rings (SSSR count). The summed E-state index contributed by atoms with van der Waals surface area (Å²) in [6, 6.07) is -9.61. The molecule has 2 aliphatic heterocycles. The Morgan fingerprint density at radius 1 is 0.511 bits per heavy atom. The van der Waals surface area contributed by atoms with E-state index >= 15 is 24.0 Å². The van der Waals surface area contributed by atoms with Gasteiger partial charge in [0.15, 0.2) is 11.6 Å². The second kappa shape index (κ2) is 38.1. The molecular formula is C70H123N9O13. The van der Waals surface area contributed by atoms with Crippen molar-refractivity contribution in [3.8, 4) is 0 Å². The highest BCUT2D eigenvalue weighted by molar-refractivity contribution is 6.00. The Morgan fingerprint density at radius 3 is 1.47 bits per heavy atom. The van der Waals surface area contributed by atoms with E-state index in [1.54, 1.807) is 54.7 Å². The van der Waals surface area contributed by atoms with Gasteiger partial charge in [0, 0.05) is 99.4 Å². The maximum absolute atomic E-state index is 15.3. The number of morpholine rings is 1. The largest absolute Gasteiger partial charge is 0.390 e. The quantitative estimate of drug-likeness (QED) is 0.153. The number of carbonyl (C=O) groups is 11. The topological polar surface area (TPSA) is 255 Å². The maximum atomic E-state index is 15.3. The van der Waals surface area contributed by atoms with Crippen molar-refractivity contribution in [3.63, 3.8) is 0 Å². The van der Waals surface area contributed by atoms with Crippen LogP contribution in [0, 0.1) is 59.2 Å². The monoisotopic (exact) mass is 1300 g/mol. The van der Waals surface area contributed by atoms with Crippen molar-refractivity contribution in [3.05, 3.63) is 12.2 Å². The van der Waals surface area contributed by atoms with E-state index in [0.717, 1.165) is 4.90 Å². The van der Waals surface area contributed by atoms with Crippen LogP contribution in [0.4, 0.5) is 0 Å². The van der Waals surface area contributed by atoms with Gasteiger partial charge in [-0.3, -0.25) is 57.6 Å². The third-order valence-corrected chi connectivity index (χ3v) is 19.3. The van der Waals surface area contributed by atoms with Crippen LogP contribution >= 0.6 is 0 Å². The van der Waals surface area contributed by atoms with Crippen LogP contribution in [0.2, 0.25) is 0 Å². The lowest BCUT2D eigenvalue weighted by Gasteiger charge is -2.41. The molecule has 0 bridgehead atoms. The molecule has 1 unspecified atom stereocenters. The summed E-state index contributed by atoms with van der Waals surface area (Å²) in [6.07, 6.45) is 2.80. The standard InChI is InChI=1S/C70H123N9O13/c1-25-27-28-47(14)62(83)61-63(84)71-52(26-2)67(88)72(18)50(17)65(86)77(23)60(46(13)29-30-79-31-33-92-34-32-79)58(82)40-51(44(9)10)66(87)73(19)53(35-41(3)4)57(81)38-48(15)56(80)39-49(16)64(85)74(20)54(36-42(5)6)68(89)75(21)55(37-43(7)8)69(90)76(22)59(45(11)12)70(91)78(61)24/h25,27,41-55,59-62,83H,26,28-40H2,1-24H3,(H,71,84)/b27-25+/t46-,47-,48-,49+,50-,51+,52+,53+,54+,55+,59+,60?,61+,62-/m1/s1. The van der Waals surface area contributed by atoms with Crippen LogP contribution in [-0.4, -0.2) is 246 Å². The van der Waals surface area contributed by atoms with Gasteiger partial charge in [-0.15, -0.1) is 0 Å². The molecule has 22 nitrogen and oxygen atoms in total. The fraction of sp³-hybridized carbons (Fsp3) is 0.814. The summed E-state index contributed by atoms with van der Waals surface area (Å²) in [7, 11) is 10.3. The van der Waals surface area contributed by atoms with E-state index in [2.05, 4.69) is 10.2 Å². The number of aliphatic hydroxyl groups is 1. The first-order chi connectivity index (χ1) is 42.7. The molecule has 0 aromatic carbocycles. The smallest absolute Gasteiger partial charge is 0.246 e. The number of aliphatic hydroxyl groups excluding tert-OH is 1. The molecule has 2 heterocycles. The number of nitrogens with one attached hydrogen (secondary N) is 1. The number of ether oxygens (including phenoxy) is 1. The number of rotatable bonds is 17. The molecule has 0 aromatic rings. The average Bonchev–Trinajstić information content (AvgIpc) is 0.865. The minimum atomic E-state index is -1.61. The molecular weight excluding hydrogens is 1170 g/mol. The van der Waals surface area contributed by atoms with Gasteiger partial charge in [-0.1, -0.05) is 116 Å². The van der Waals surface area contributed by atoms with Gasteiger partial charge >= 0.3 is 0 Å². The summed E-state index contributed by atoms with van der Waals surface area (Å²) in [5.41, 5.74) is 0. The number of amides is 8. The summed E-state index contributed by atoms with van der Waals surface area (Å²) in [4.78, 5) is 175. The van der Waals surface area contributed by atoms with E-state index in [4.69, 9.17) is 4.74 Å². The summed E-state index contributed by atoms with van der Waals surface area (Å²) in [6.45, 7) is 33.5. The molecule has 2 aliphatic rings. The van der Waals surface area contributed by atoms with Crippen LogP contribution in [0.1, 0.15) is 175 Å². The van der Waals surface area contributed by atoms with E-state index in [9.17, 15) is 33.9 Å². The van der Waals surface area contributed by atoms with Crippen molar-refractivity contribution in [2.75, 3.05) is 82.2 Å². The Labute approximate surface area is 553 Å². The predicted molar refractivity (Wildman–Crippen MR) is 358 cm³/mol. The number of Topliss-reactive ketones (excluding diaryl/α,β-unsaturated/α-hetero) is 3. The highest BCUT2D eigenvalue weighted by atomic mass is 16.5. The molecule has 0 spiro atoms. The van der Waals surface area contributed by atoms with Gasteiger partial charge in [-0.05, 0) is 100 Å². The molecule has 2 N–H and O–H groups in total. The van der Waals surface area contributed by atoms with E-state index in [0.29, 0.717) is 45.7 Å². The van der Waals surface area contributed by atoms with Crippen LogP contribution < -0.4 is 5.32 Å². The third-order valence-electron chi connectivity index (χ3n) is 19.3. The van der Waals surface area contributed by atoms with E-state index in [1.807, 2.05) is 75.3 Å². The molecule has 8 amide bonds. The van der Waals surface area contributed by atoms with Gasteiger partial charge < -0.3 is 49.5 Å². The SMILES string of the molecule is C/C=C/C[C@@H](C)[C@@H](O)[C@H]1C(=O)N[C@@H](CC)C(=O)N(C)[C@H](C)C(=O)N(C)C([C@H](C)CCN2CCOCC2)C(=O)C[C@@H](C(C)C)C(=O)N(C)[C@@H](CC(C)C)C(=O)C[C@@H](C)C(=O)C[C@H](C)C(=O)N(C)[C@@H](CC(C)C)C(=O)N(C)[C@@H](CC(C)C)C(=O)N(C)[C@@H](C(C)C)C(=O)N1C. The Kier molecular flexibility index (Phi) is 34.1. The lowest BCUT2D eigenvalue weighted by Crippen LogP contribution is -2.63. The van der Waals surface area contributed by atoms with Crippen molar-refractivity contribution < 1.29 is 62.6 Å². The van der Waals surface area contributed by atoms with Crippen molar-refractivity contribution in [1.29, 1.82) is 0 Å². The maximum Gasteiger partial charge on any atom is 0.246 e. The summed E-state index contributed by atoms with van der Waals surface area (Å²) >= 11 is 0. The molecule has 22 heteroatoms. The van der Waals surface area contributed by atoms with Gasteiger partial charge in [0.2, 0.25) is 47.3 Å². The third kappa shape index (κ3) is 22.5. The molecule has 2 saturated heterocycles. The first kappa shape index (κ1) is 82.5. The van der Waals surface area contributed by atoms with Crippen LogP contribution in [-0.2, 0) is 57.5 Å². The lowest BCUT2D eigenvalue weighted by atomic mass is 9.83. The van der Waals surface area contributed by atoms with Gasteiger partial charge in [-0.2, -0.15) is 0 Å². The Hall–Kier alpha value is -5.61. The summed E-state index contributed by atoms with van der Waals surface area (Å²) in [5.74, 6) is -11.1. The molecule has 0 saturated carbocycles. The number of allylic oxidation sites excluding steroid dienone is 2. The van der Waals surface area contributed by atoms with Crippen LogP contribution in [0.3, 0.4) is 0 Å². The number of hydrogen-bond acceptors (Lipinski definition) is 14. The molecule has 2 fully saturated rings. The minimum Gasteiger partial charge on any atom is -0.390 e. The number of carbonyl (C=O) groups excluding carboxylic acids is 11. The van der Waals surface area contributed by atoms with Gasteiger partial charge in [0.05, 0.1) is 31.4 Å². The van der Waals surface area contributed by atoms with Gasteiger partial charge in [-0.25, -0.2) is 0 Å². The number of nitrogens with zero attached hydrogens (tertiary/aromatic N) is 8. The highest BCUT2D eigenvalue weighted by Gasteiger charge is 2.46. The van der Waals surface area contributed by atoms with Crippen molar-refractivity contribution >= 4 is 64.6 Å². The van der Waals surface area contributed by atoms with Gasteiger partial charge in [0.25, 0.3) is 0 Å². The minimum absolute atomic E-state index is 0.0239. The average molecular weight is 1300 g/mol. The lowest BCUT2D eigenvalue weighted by molar-refractivity contribution is -0.157. The molecule has 0 aliphatic carbocycles. The zero-order chi connectivity index (χ0) is 70.7. The first-order valence-electron chi connectivity index (χ1n) is 34.1. The van der Waals surface area contributed by atoms with Crippen LogP contribution in [0.15, 0.2) is 12.2 Å². The van der Waals surface area contributed by atoms with E-state index in [1.165, 1.54) is 78.6 Å². The van der Waals surface area contributed by atoms with Gasteiger partial charge in [0.1, 0.15) is 42.0 Å². The normalized spacial score (nSPS) is 28.3. The number of likely N-dealkylation sites (N-methyl/N-ethyl adjacent to an activating group) is 7. The van der Waals surface area contributed by atoms with Crippen LogP contribution in [0.25, 0.3) is 0 Å². The molecule has 92 heavy (non-hydrogen) atoms. The highest BCUT2D eigenvalue weighted by Crippen LogP contribution is 2.30. The summed E-state index contributed by atoms with van der Waals surface area (Å²) < 4.78 is 5.59. The number of ketones is 3. The second-order valence-corrected chi connectivity index (χ2v) is 29.0. The molecule has 526 valence electrons. The van der Waals surface area contributed by atoms with Crippen molar-refractivity contribution in [1.82, 2.24) is 44.5 Å².